The van der Waals surface area contributed by atoms with E-state index < -0.39 is 0 Å². The van der Waals surface area contributed by atoms with E-state index in [9.17, 15) is 0 Å². The Morgan fingerprint density at radius 1 is 0.824 bits per heavy atom. The molecule has 0 aliphatic carbocycles. The van der Waals surface area contributed by atoms with Gasteiger partial charge < -0.3 is 5.73 Å². The predicted octanol–water partition coefficient (Wildman–Crippen LogP) is 4.18. The van der Waals surface area contributed by atoms with Crippen molar-refractivity contribution >= 4 is 28.6 Å². The molecule has 1 radical (unpaired) electrons. The molecule has 2 nitrogen and oxygen atoms in total. The van der Waals surface area contributed by atoms with E-state index in [1.165, 1.54) is 74.0 Å². The summed E-state index contributed by atoms with van der Waals surface area (Å²) in [5.74, 6) is 0. The van der Waals surface area contributed by atoms with Gasteiger partial charge >= 0.3 is 20.0 Å². The Morgan fingerprint density at radius 3 is 1.24 bits per heavy atom. The Hall–Kier alpha value is 0.582. The van der Waals surface area contributed by atoms with Gasteiger partial charge in [0.1, 0.15) is 0 Å². The monoisotopic (exact) mass is 278 g/mol. The van der Waals surface area contributed by atoms with Crippen molar-refractivity contribution < 1.29 is 3.80 Å². The van der Waals surface area contributed by atoms with Gasteiger partial charge in [-0.25, -0.2) is 0 Å². The summed E-state index contributed by atoms with van der Waals surface area (Å²) in [5, 5.41) is 0. The molecule has 0 aliphatic heterocycles. The molecule has 0 unspecified atom stereocenters. The second-order valence-corrected chi connectivity index (χ2v) is 4.67. The quantitative estimate of drug-likeness (QED) is 0.643. The number of nitrogens with two attached hydrogens (primary N) is 1. The molecule has 103 valence electrons. The summed E-state index contributed by atoms with van der Waals surface area (Å²) in [6.07, 6.45) is 11.4. The number of halogens is 1. The van der Waals surface area contributed by atoms with Crippen LogP contribution in [0, 0.1) is 0 Å². The molecule has 0 saturated heterocycles. The normalized spacial score (nSPS) is 10.1. The van der Waals surface area contributed by atoms with Crippen LogP contribution in [0.4, 0.5) is 0 Å². The van der Waals surface area contributed by atoms with Gasteiger partial charge in [-0.05, 0) is 19.3 Å². The van der Waals surface area contributed by atoms with Gasteiger partial charge in [0.05, 0.1) is 0 Å². The molecule has 0 amide bonds. The van der Waals surface area contributed by atoms with Crippen LogP contribution in [0.25, 0.3) is 0 Å². The summed E-state index contributed by atoms with van der Waals surface area (Å²) in [5.41, 5.74) is 6.61. The van der Waals surface area contributed by atoms with E-state index in [1.54, 1.807) is 0 Å². The minimum atomic E-state index is 0. The van der Waals surface area contributed by atoms with Crippen LogP contribution in [-0.4, -0.2) is 21.8 Å². The van der Waals surface area contributed by atoms with E-state index in [0.717, 1.165) is 0 Å². The van der Waals surface area contributed by atoms with Gasteiger partial charge in [-0.15, -0.1) is 12.4 Å². The van der Waals surface area contributed by atoms with E-state index in [2.05, 4.69) is 20.8 Å². The maximum absolute atomic E-state index is 8.17. The standard InChI is InChI=1S/C13H29N.Al.ClH.O/c1-4-7-10-13(14,11-8-5-2)12-9-6-3;;;/h4-12,14H2,1-3H3;;1H;. The molecule has 17 heavy (non-hydrogen) atoms. The van der Waals surface area contributed by atoms with Crippen LogP contribution in [0.5, 0.6) is 0 Å². The first-order chi connectivity index (χ1) is 7.68. The fraction of sp³-hybridized carbons (Fsp3) is 1.00. The molecule has 0 bridgehead atoms. The van der Waals surface area contributed by atoms with Crippen molar-refractivity contribution in [2.75, 3.05) is 0 Å². The Morgan fingerprint density at radius 2 is 1.06 bits per heavy atom. The first-order valence-corrected chi connectivity index (χ1v) is 7.18. The summed E-state index contributed by atoms with van der Waals surface area (Å²) in [6.45, 7) is 6.75. The second-order valence-electron chi connectivity index (χ2n) is 4.67. The van der Waals surface area contributed by atoms with Gasteiger partial charge in [-0.3, -0.25) is 0 Å². The molecule has 0 heterocycles. The molecule has 0 aliphatic rings. The Bertz CT molecular complexity index is 126. The van der Waals surface area contributed by atoms with E-state index >= 15 is 0 Å². The number of unbranched alkanes of at least 4 members (excludes halogenated alkanes) is 3. The zero-order valence-electron chi connectivity index (χ0n) is 11.8. The second kappa shape index (κ2) is 16.6. The zero-order valence-corrected chi connectivity index (χ0v) is 13.8. The third kappa shape index (κ3) is 14.5. The average molecular weight is 279 g/mol. The molecular weight excluding hydrogens is 249 g/mol. The van der Waals surface area contributed by atoms with Crippen LogP contribution in [0.1, 0.15) is 78.6 Å². The minimum absolute atomic E-state index is 0. The van der Waals surface area contributed by atoms with Crippen molar-refractivity contribution in [1.29, 1.82) is 0 Å². The maximum atomic E-state index is 8.17. The van der Waals surface area contributed by atoms with Crippen LogP contribution >= 0.6 is 12.4 Å². The molecule has 2 N–H and O–H groups in total. The van der Waals surface area contributed by atoms with Gasteiger partial charge in [0, 0.05) is 5.54 Å². The summed E-state index contributed by atoms with van der Waals surface area (Å²) in [4.78, 5) is 0. The molecule has 0 spiro atoms. The average Bonchev–Trinajstić information content (AvgIpc) is 2.34. The molecule has 4 heteroatoms. The zero-order chi connectivity index (χ0) is 12.9. The molecule has 0 aromatic rings. The van der Waals surface area contributed by atoms with Crippen molar-refractivity contribution in [1.82, 2.24) is 0 Å². The van der Waals surface area contributed by atoms with Gasteiger partial charge in [0.15, 0.2) is 0 Å². The summed E-state index contributed by atoms with van der Waals surface area (Å²) >= 11 is 1.17. The van der Waals surface area contributed by atoms with Gasteiger partial charge in [0.25, 0.3) is 0 Å². The van der Waals surface area contributed by atoms with Gasteiger partial charge in [-0.1, -0.05) is 59.3 Å². The first kappa shape index (κ1) is 22.7. The SMILES string of the molecule is CCCCC(N)(CCCC)CCCC.Cl.[O]=[Al]. The van der Waals surface area contributed by atoms with Crippen molar-refractivity contribution in [2.45, 2.75) is 84.1 Å². The van der Waals surface area contributed by atoms with E-state index in [4.69, 9.17) is 9.54 Å². The fourth-order valence-corrected chi connectivity index (χ4v) is 1.96. The van der Waals surface area contributed by atoms with Crippen molar-refractivity contribution in [3.05, 3.63) is 0 Å². The third-order valence-corrected chi connectivity index (χ3v) is 3.08. The molecular formula is C13H30AlClNO. The van der Waals surface area contributed by atoms with Crippen molar-refractivity contribution in [3.63, 3.8) is 0 Å². The topological polar surface area (TPSA) is 43.1 Å². The van der Waals surface area contributed by atoms with Crippen molar-refractivity contribution in [2.24, 2.45) is 5.73 Å². The van der Waals surface area contributed by atoms with Crippen LogP contribution in [0.15, 0.2) is 0 Å². The van der Waals surface area contributed by atoms with Crippen molar-refractivity contribution in [3.8, 4) is 0 Å². The summed E-state index contributed by atoms with van der Waals surface area (Å²) in [7, 11) is 0. The number of hydrogen-bond acceptors (Lipinski definition) is 2. The molecule has 0 rings (SSSR count). The summed E-state index contributed by atoms with van der Waals surface area (Å²) < 4.78 is 8.17. The Labute approximate surface area is 122 Å². The summed E-state index contributed by atoms with van der Waals surface area (Å²) in [6, 6.07) is 0. The third-order valence-electron chi connectivity index (χ3n) is 3.08. The Balaban J connectivity index is -0.000000616. The molecule has 0 atom stereocenters. The molecule has 0 fully saturated rings. The van der Waals surface area contributed by atoms with E-state index in [-0.39, 0.29) is 17.9 Å². The predicted molar refractivity (Wildman–Crippen MR) is 79.2 cm³/mol. The Kier molecular flexibility index (Phi) is 22.2. The van der Waals surface area contributed by atoms with Crippen LogP contribution in [0.2, 0.25) is 0 Å². The van der Waals surface area contributed by atoms with E-state index in [0.29, 0.717) is 0 Å². The fourth-order valence-electron chi connectivity index (χ4n) is 1.96. The van der Waals surface area contributed by atoms with Crippen LogP contribution < -0.4 is 5.73 Å². The molecule has 0 saturated carbocycles. The van der Waals surface area contributed by atoms with E-state index in [1.807, 2.05) is 0 Å². The number of rotatable bonds is 9. The van der Waals surface area contributed by atoms with Crippen LogP contribution in [-0.2, 0) is 3.80 Å². The van der Waals surface area contributed by atoms with Crippen LogP contribution in [0.3, 0.4) is 0 Å². The molecule has 0 aromatic heterocycles. The first-order valence-electron chi connectivity index (χ1n) is 6.71. The molecule has 0 aromatic carbocycles. The van der Waals surface area contributed by atoms with Gasteiger partial charge in [0.2, 0.25) is 0 Å². The van der Waals surface area contributed by atoms with Gasteiger partial charge in [-0.2, -0.15) is 0 Å². The number of hydrogen-bond donors (Lipinski definition) is 1.